The molecule has 0 heterocycles. The maximum absolute atomic E-state index is 12.1. The zero-order valence-electron chi connectivity index (χ0n) is 10.6. The normalized spacial score (nSPS) is 13.3. The Kier molecular flexibility index (Phi) is 4.74. The average Bonchev–Trinajstić information content (AvgIpc) is 2.38. The van der Waals surface area contributed by atoms with Crippen LogP contribution in [0, 0.1) is 16.7 Å². The molecule has 1 N–H and O–H groups in total. The second kappa shape index (κ2) is 5.87. The summed E-state index contributed by atoms with van der Waals surface area (Å²) in [6.45, 7) is 3.42. The van der Waals surface area contributed by atoms with Crippen LogP contribution in [0.1, 0.15) is 20.3 Å². The molecular weight excluding hydrogens is 296 g/mol. The SMILES string of the molecule is CCC(C)(C#N)C(=O)Nc1cc(Br)ccc1OC. The molecule has 1 atom stereocenters. The number of halogens is 1. The number of hydrogen-bond donors (Lipinski definition) is 1. The molecule has 0 radical (unpaired) electrons. The molecule has 4 nitrogen and oxygen atoms in total. The minimum absolute atomic E-state index is 0.330. The highest BCUT2D eigenvalue weighted by Crippen LogP contribution is 2.30. The first-order valence-corrected chi connectivity index (χ1v) is 6.32. The van der Waals surface area contributed by atoms with Gasteiger partial charge < -0.3 is 10.1 Å². The highest BCUT2D eigenvalue weighted by atomic mass is 79.9. The summed E-state index contributed by atoms with van der Waals surface area (Å²) in [5.41, 5.74) is -0.486. The van der Waals surface area contributed by atoms with Gasteiger partial charge in [0.25, 0.3) is 0 Å². The van der Waals surface area contributed by atoms with Crippen LogP contribution in [0.25, 0.3) is 0 Å². The molecule has 0 bridgehead atoms. The number of methoxy groups -OCH3 is 1. The number of carbonyl (C=O) groups is 1. The van der Waals surface area contributed by atoms with Gasteiger partial charge in [0.05, 0.1) is 18.9 Å². The number of benzene rings is 1. The Hall–Kier alpha value is -1.54. The molecule has 1 rings (SSSR count). The van der Waals surface area contributed by atoms with Crippen molar-refractivity contribution >= 4 is 27.5 Å². The Labute approximate surface area is 115 Å². The van der Waals surface area contributed by atoms with Gasteiger partial charge in [-0.05, 0) is 31.5 Å². The van der Waals surface area contributed by atoms with Crippen LogP contribution in [0.5, 0.6) is 5.75 Å². The molecule has 0 aliphatic carbocycles. The van der Waals surface area contributed by atoms with Crippen molar-refractivity contribution in [2.24, 2.45) is 5.41 Å². The summed E-state index contributed by atoms with van der Waals surface area (Å²) in [7, 11) is 1.53. The van der Waals surface area contributed by atoms with Crippen LogP contribution in [0.3, 0.4) is 0 Å². The second-order valence-corrected chi connectivity index (χ2v) is 5.01. The average molecular weight is 311 g/mol. The fourth-order valence-electron chi connectivity index (χ4n) is 1.33. The maximum Gasteiger partial charge on any atom is 0.244 e. The summed E-state index contributed by atoms with van der Waals surface area (Å²) >= 11 is 3.33. The third-order valence-electron chi connectivity index (χ3n) is 2.86. The Morgan fingerprint density at radius 3 is 2.78 bits per heavy atom. The van der Waals surface area contributed by atoms with E-state index in [0.717, 1.165) is 4.47 Å². The quantitative estimate of drug-likeness (QED) is 0.927. The molecule has 0 saturated carbocycles. The fourth-order valence-corrected chi connectivity index (χ4v) is 1.69. The van der Waals surface area contributed by atoms with Gasteiger partial charge in [0.2, 0.25) is 5.91 Å². The van der Waals surface area contributed by atoms with Crippen LogP contribution >= 0.6 is 15.9 Å². The van der Waals surface area contributed by atoms with Crippen molar-refractivity contribution < 1.29 is 9.53 Å². The van der Waals surface area contributed by atoms with Crippen molar-refractivity contribution in [2.45, 2.75) is 20.3 Å². The molecule has 0 aliphatic rings. The Morgan fingerprint density at radius 2 is 2.28 bits per heavy atom. The minimum Gasteiger partial charge on any atom is -0.495 e. The largest absolute Gasteiger partial charge is 0.495 e. The topological polar surface area (TPSA) is 62.1 Å². The number of hydrogen-bond acceptors (Lipinski definition) is 3. The third-order valence-corrected chi connectivity index (χ3v) is 3.36. The van der Waals surface area contributed by atoms with Gasteiger partial charge in [-0.1, -0.05) is 22.9 Å². The molecule has 18 heavy (non-hydrogen) atoms. The van der Waals surface area contributed by atoms with Crippen LogP contribution in [0.15, 0.2) is 22.7 Å². The standard InChI is InChI=1S/C13H15BrN2O2/c1-4-13(2,8-15)12(17)16-10-7-9(14)5-6-11(10)18-3/h5-7H,4H2,1-3H3,(H,16,17). The van der Waals surface area contributed by atoms with E-state index in [-0.39, 0.29) is 5.91 Å². The van der Waals surface area contributed by atoms with Gasteiger partial charge in [-0.2, -0.15) is 5.26 Å². The van der Waals surface area contributed by atoms with E-state index in [1.807, 2.05) is 12.1 Å². The monoisotopic (exact) mass is 310 g/mol. The Balaban J connectivity index is 3.02. The second-order valence-electron chi connectivity index (χ2n) is 4.10. The smallest absolute Gasteiger partial charge is 0.244 e. The Bertz CT molecular complexity index is 496. The lowest BCUT2D eigenvalue weighted by molar-refractivity contribution is -0.122. The van der Waals surface area contributed by atoms with Gasteiger partial charge in [0, 0.05) is 4.47 Å². The third kappa shape index (κ3) is 3.02. The number of ether oxygens (including phenoxy) is 1. The van der Waals surface area contributed by atoms with E-state index < -0.39 is 5.41 Å². The first-order chi connectivity index (χ1) is 8.46. The lowest BCUT2D eigenvalue weighted by Gasteiger charge is -2.19. The summed E-state index contributed by atoms with van der Waals surface area (Å²) in [6, 6.07) is 7.34. The van der Waals surface area contributed by atoms with Gasteiger partial charge in [-0.3, -0.25) is 4.79 Å². The molecule has 5 heteroatoms. The lowest BCUT2D eigenvalue weighted by Crippen LogP contribution is -2.31. The van der Waals surface area contributed by atoms with Crippen molar-refractivity contribution in [1.82, 2.24) is 0 Å². The lowest BCUT2D eigenvalue weighted by atomic mass is 9.88. The van der Waals surface area contributed by atoms with E-state index in [1.165, 1.54) is 7.11 Å². The first kappa shape index (κ1) is 14.5. The number of carbonyl (C=O) groups excluding carboxylic acids is 1. The van der Waals surface area contributed by atoms with Gasteiger partial charge in [0.1, 0.15) is 11.2 Å². The molecule has 0 aromatic heterocycles. The van der Waals surface area contributed by atoms with Crippen LogP contribution in [-0.4, -0.2) is 13.0 Å². The Morgan fingerprint density at radius 1 is 1.61 bits per heavy atom. The molecule has 96 valence electrons. The molecule has 1 unspecified atom stereocenters. The first-order valence-electron chi connectivity index (χ1n) is 5.53. The molecule has 1 aromatic carbocycles. The summed E-state index contributed by atoms with van der Waals surface area (Å²) in [5.74, 6) is 0.229. The van der Waals surface area contributed by atoms with Crippen LogP contribution in [0.4, 0.5) is 5.69 Å². The van der Waals surface area contributed by atoms with E-state index in [0.29, 0.717) is 17.9 Å². The fraction of sp³-hybridized carbons (Fsp3) is 0.385. The minimum atomic E-state index is -1.03. The van der Waals surface area contributed by atoms with Crippen molar-refractivity contribution in [3.63, 3.8) is 0 Å². The van der Waals surface area contributed by atoms with E-state index in [2.05, 4.69) is 21.2 Å². The molecule has 0 fully saturated rings. The van der Waals surface area contributed by atoms with Crippen molar-refractivity contribution in [1.29, 1.82) is 5.26 Å². The summed E-state index contributed by atoms with van der Waals surface area (Å²) in [6.07, 6.45) is 0.450. The van der Waals surface area contributed by atoms with Gasteiger partial charge >= 0.3 is 0 Å². The zero-order valence-corrected chi connectivity index (χ0v) is 12.2. The molecule has 0 spiro atoms. The molecular formula is C13H15BrN2O2. The zero-order chi connectivity index (χ0) is 13.8. The van der Waals surface area contributed by atoms with Crippen molar-refractivity contribution in [3.05, 3.63) is 22.7 Å². The highest BCUT2D eigenvalue weighted by Gasteiger charge is 2.31. The van der Waals surface area contributed by atoms with Gasteiger partial charge in [-0.15, -0.1) is 0 Å². The molecule has 0 saturated heterocycles. The van der Waals surface area contributed by atoms with E-state index >= 15 is 0 Å². The van der Waals surface area contributed by atoms with Gasteiger partial charge in [0.15, 0.2) is 0 Å². The van der Waals surface area contributed by atoms with E-state index in [4.69, 9.17) is 10.00 Å². The summed E-state index contributed by atoms with van der Waals surface area (Å²) in [4.78, 5) is 12.1. The number of nitrogens with one attached hydrogen (secondary N) is 1. The number of rotatable bonds is 4. The number of anilines is 1. The maximum atomic E-state index is 12.1. The van der Waals surface area contributed by atoms with Crippen LogP contribution in [-0.2, 0) is 4.79 Å². The van der Waals surface area contributed by atoms with Gasteiger partial charge in [-0.25, -0.2) is 0 Å². The summed E-state index contributed by atoms with van der Waals surface area (Å²) in [5, 5.41) is 11.8. The van der Waals surface area contributed by atoms with E-state index in [9.17, 15) is 4.79 Å². The molecule has 1 aromatic rings. The molecule has 1 amide bonds. The van der Waals surface area contributed by atoms with E-state index in [1.54, 1.807) is 26.0 Å². The van der Waals surface area contributed by atoms with Crippen molar-refractivity contribution in [3.8, 4) is 11.8 Å². The number of amides is 1. The predicted octanol–water partition coefficient (Wildman–Crippen LogP) is 3.34. The number of nitriles is 1. The van der Waals surface area contributed by atoms with Crippen LogP contribution in [0.2, 0.25) is 0 Å². The number of nitrogens with zero attached hydrogens (tertiary/aromatic N) is 1. The van der Waals surface area contributed by atoms with Crippen molar-refractivity contribution in [2.75, 3.05) is 12.4 Å². The van der Waals surface area contributed by atoms with Crippen LogP contribution < -0.4 is 10.1 Å². The summed E-state index contributed by atoms with van der Waals surface area (Å²) < 4.78 is 5.99. The highest BCUT2D eigenvalue weighted by molar-refractivity contribution is 9.10. The predicted molar refractivity (Wildman–Crippen MR) is 73.3 cm³/mol. The molecule has 0 aliphatic heterocycles.